The maximum atomic E-state index is 10.4. The molecule has 8 heteroatoms. The second kappa shape index (κ2) is 7.60. The minimum absolute atomic E-state index is 0.420. The summed E-state index contributed by atoms with van der Waals surface area (Å²) in [5.41, 5.74) is 2.60. The summed E-state index contributed by atoms with van der Waals surface area (Å²) in [6, 6.07) is 11.8. The van der Waals surface area contributed by atoms with Crippen LogP contribution in [0.2, 0.25) is 12.0 Å². The molecule has 0 unspecified atom stereocenters. The molecule has 2 aromatic heterocycles. The molecule has 3 aromatic rings. The Balaban J connectivity index is 1.81. The van der Waals surface area contributed by atoms with Crippen LogP contribution in [0.4, 0.5) is 0 Å². The van der Waals surface area contributed by atoms with E-state index in [0.717, 1.165) is 47.8 Å². The van der Waals surface area contributed by atoms with Crippen molar-refractivity contribution >= 4 is 41.4 Å². The molecule has 1 aromatic carbocycles. The van der Waals surface area contributed by atoms with Gasteiger partial charge < -0.3 is 9.50 Å². The Labute approximate surface area is 162 Å². The van der Waals surface area contributed by atoms with Crippen molar-refractivity contribution in [3.05, 3.63) is 47.2 Å². The average Bonchev–Trinajstić information content (AvgIpc) is 3.02. The van der Waals surface area contributed by atoms with Crippen molar-refractivity contribution < 1.29 is 5.02 Å². The van der Waals surface area contributed by atoms with Crippen LogP contribution in [-0.2, 0) is 6.54 Å². The summed E-state index contributed by atoms with van der Waals surface area (Å²) < 4.78 is 1.87. The second-order valence-electron chi connectivity index (χ2n) is 6.47. The molecule has 1 aliphatic heterocycles. The zero-order valence-electron chi connectivity index (χ0n) is 14.6. The first-order valence-electron chi connectivity index (χ1n) is 8.74. The number of hydrogen-bond donors (Lipinski definition) is 1. The number of aromatic nitrogens is 3. The third kappa shape index (κ3) is 3.49. The van der Waals surface area contributed by atoms with Crippen LogP contribution < -0.4 is 0 Å². The first kappa shape index (κ1) is 17.9. The van der Waals surface area contributed by atoms with Crippen molar-refractivity contribution in [2.75, 3.05) is 24.6 Å². The number of rotatable bonds is 4. The van der Waals surface area contributed by atoms with Gasteiger partial charge in [0.05, 0.1) is 5.39 Å². The molecule has 5 nitrogen and oxygen atoms in total. The summed E-state index contributed by atoms with van der Waals surface area (Å²) in [5.74, 6) is 2.87. The van der Waals surface area contributed by atoms with E-state index >= 15 is 0 Å². The van der Waals surface area contributed by atoms with Gasteiger partial charge in [0, 0.05) is 42.4 Å². The highest BCUT2D eigenvalue weighted by Crippen LogP contribution is 2.29. The topological polar surface area (TPSA) is 54.2 Å². The van der Waals surface area contributed by atoms with E-state index in [1.807, 2.05) is 52.6 Å². The molecule has 1 N–H and O–H groups in total. The quantitative estimate of drug-likeness (QED) is 0.551. The van der Waals surface area contributed by atoms with Crippen LogP contribution in [0.3, 0.4) is 0 Å². The lowest BCUT2D eigenvalue weighted by Crippen LogP contribution is -2.34. The van der Waals surface area contributed by atoms with Gasteiger partial charge >= 0.3 is 7.05 Å². The molecule has 1 aliphatic rings. The van der Waals surface area contributed by atoms with Crippen molar-refractivity contribution in [3.63, 3.8) is 0 Å². The lowest BCUT2D eigenvalue weighted by molar-refractivity contribution is 0.290. The van der Waals surface area contributed by atoms with Crippen LogP contribution in [0.25, 0.3) is 22.4 Å². The number of halogens is 1. The molecule has 3 heterocycles. The van der Waals surface area contributed by atoms with Gasteiger partial charge in [-0.15, -0.1) is 0 Å². The fraction of sp³-hybridized carbons (Fsp3) is 0.333. The summed E-state index contributed by atoms with van der Waals surface area (Å²) in [6.07, 6.45) is 0. The number of nitrogens with zero attached hydrogens (tertiary/aromatic N) is 4. The Morgan fingerprint density at radius 2 is 1.92 bits per heavy atom. The van der Waals surface area contributed by atoms with Gasteiger partial charge in [0.2, 0.25) is 0 Å². The first-order chi connectivity index (χ1) is 12.6. The highest BCUT2D eigenvalue weighted by atomic mass is 35.5. The van der Waals surface area contributed by atoms with Crippen molar-refractivity contribution in [1.82, 2.24) is 19.3 Å². The molecule has 0 radical (unpaired) electrons. The molecule has 0 atom stereocenters. The van der Waals surface area contributed by atoms with Gasteiger partial charge in [-0.3, -0.25) is 4.90 Å². The average molecular weight is 387 g/mol. The molecule has 0 spiro atoms. The van der Waals surface area contributed by atoms with E-state index in [4.69, 9.17) is 16.6 Å². The largest absolute Gasteiger partial charge is 0.432 e. The highest BCUT2D eigenvalue weighted by molar-refractivity contribution is 7.99. The van der Waals surface area contributed by atoms with Gasteiger partial charge in [0.25, 0.3) is 0 Å². The lowest BCUT2D eigenvalue weighted by atomic mass is 9.87. The molecule has 0 amide bonds. The third-order valence-corrected chi connectivity index (χ3v) is 5.85. The Morgan fingerprint density at radius 1 is 1.19 bits per heavy atom. The Bertz CT molecular complexity index is 912. The fourth-order valence-electron chi connectivity index (χ4n) is 3.35. The van der Waals surface area contributed by atoms with Crippen molar-refractivity contribution in [2.24, 2.45) is 0 Å². The lowest BCUT2D eigenvalue weighted by Gasteiger charge is -2.26. The van der Waals surface area contributed by atoms with Crippen molar-refractivity contribution in [2.45, 2.75) is 13.4 Å². The summed E-state index contributed by atoms with van der Waals surface area (Å²) >= 11 is 8.47. The van der Waals surface area contributed by atoms with Gasteiger partial charge in [-0.1, -0.05) is 41.9 Å². The minimum atomic E-state index is -0.684. The molecular weight excluding hydrogens is 367 g/mol. The summed E-state index contributed by atoms with van der Waals surface area (Å²) in [7, 11) is -0.684. The maximum Gasteiger partial charge on any atom is 0.415 e. The third-order valence-electron chi connectivity index (χ3n) is 4.62. The van der Waals surface area contributed by atoms with E-state index in [0.29, 0.717) is 16.6 Å². The molecule has 0 saturated carbocycles. The van der Waals surface area contributed by atoms with E-state index in [-0.39, 0.29) is 0 Å². The summed E-state index contributed by atoms with van der Waals surface area (Å²) in [6.45, 7) is 4.65. The smallest absolute Gasteiger partial charge is 0.415 e. The monoisotopic (exact) mass is 386 g/mol. The van der Waals surface area contributed by atoms with Gasteiger partial charge in [-0.25, -0.2) is 9.97 Å². The van der Waals surface area contributed by atoms with E-state index in [2.05, 4.69) is 9.88 Å². The van der Waals surface area contributed by atoms with E-state index < -0.39 is 7.05 Å². The van der Waals surface area contributed by atoms with Crippen LogP contribution in [0.5, 0.6) is 0 Å². The number of thioether (sulfide) groups is 1. The van der Waals surface area contributed by atoms with Crippen molar-refractivity contribution in [1.29, 1.82) is 0 Å². The second-order valence-corrected chi connectivity index (χ2v) is 8.05. The molecule has 134 valence electrons. The Hall–Kier alpha value is -1.54. The molecule has 4 rings (SSSR count). The van der Waals surface area contributed by atoms with E-state index in [1.54, 1.807) is 6.82 Å². The molecular formula is C18H20BClN4OS. The fourth-order valence-corrected chi connectivity index (χ4v) is 4.55. The normalized spacial score (nSPS) is 15.5. The highest BCUT2D eigenvalue weighted by Gasteiger charge is 2.22. The first-order valence-corrected chi connectivity index (χ1v) is 10.3. The van der Waals surface area contributed by atoms with E-state index in [9.17, 15) is 5.02 Å². The maximum absolute atomic E-state index is 10.4. The van der Waals surface area contributed by atoms with Crippen LogP contribution >= 0.6 is 23.4 Å². The molecule has 26 heavy (non-hydrogen) atoms. The summed E-state index contributed by atoms with van der Waals surface area (Å²) in [5, 5.41) is 11.6. The molecule has 0 aliphatic carbocycles. The van der Waals surface area contributed by atoms with Crippen LogP contribution in [0, 0.1) is 0 Å². The van der Waals surface area contributed by atoms with Gasteiger partial charge in [-0.2, -0.15) is 11.8 Å². The predicted octanol–water partition coefficient (Wildman–Crippen LogP) is 3.26. The molecule has 1 saturated heterocycles. The molecule has 1 fully saturated rings. The number of benzene rings is 1. The SMILES string of the molecule is CB(O)n1c(CN2CCSCC2)cc2c(Cl)nc(-c3ccccc3)nc21. The van der Waals surface area contributed by atoms with Gasteiger partial charge in [0.15, 0.2) is 5.82 Å². The zero-order chi connectivity index (χ0) is 18.1. The van der Waals surface area contributed by atoms with Gasteiger partial charge in [0.1, 0.15) is 10.8 Å². The Morgan fingerprint density at radius 3 is 2.62 bits per heavy atom. The minimum Gasteiger partial charge on any atom is -0.432 e. The van der Waals surface area contributed by atoms with Crippen molar-refractivity contribution in [3.8, 4) is 11.4 Å². The van der Waals surface area contributed by atoms with Gasteiger partial charge in [-0.05, 0) is 12.9 Å². The number of fused-ring (bicyclic) bond motifs is 1. The summed E-state index contributed by atoms with van der Waals surface area (Å²) in [4.78, 5) is 11.6. The zero-order valence-corrected chi connectivity index (χ0v) is 16.2. The number of hydrogen-bond acceptors (Lipinski definition) is 5. The predicted molar refractivity (Wildman–Crippen MR) is 110 cm³/mol. The van der Waals surface area contributed by atoms with E-state index in [1.165, 1.54) is 0 Å². The van der Waals surface area contributed by atoms with Crippen LogP contribution in [-0.4, -0.2) is 56.0 Å². The Kier molecular flexibility index (Phi) is 5.22. The molecule has 0 bridgehead atoms. The van der Waals surface area contributed by atoms with Crippen LogP contribution in [0.1, 0.15) is 5.69 Å². The standard InChI is InChI=1S/C18H20BClN4OS/c1-19(25)24-14(12-23-7-9-26-10-8-23)11-15-16(20)21-17(22-18(15)24)13-5-3-2-4-6-13/h2-6,11,25H,7-10,12H2,1H3. The van der Waals surface area contributed by atoms with Crippen LogP contribution in [0.15, 0.2) is 36.4 Å².